The van der Waals surface area contributed by atoms with E-state index in [4.69, 9.17) is 11.6 Å². The zero-order valence-electron chi connectivity index (χ0n) is 9.81. The summed E-state index contributed by atoms with van der Waals surface area (Å²) in [6.45, 7) is 4.42. The Kier molecular flexibility index (Phi) is 4.48. The van der Waals surface area contributed by atoms with E-state index in [1.54, 1.807) is 11.3 Å². The molecule has 1 aromatic carbocycles. The topological polar surface area (TPSA) is 12.9 Å². The molecule has 0 bridgehead atoms. The van der Waals surface area contributed by atoms with Gasteiger partial charge in [0.15, 0.2) is 4.47 Å². The molecule has 0 N–H and O–H groups in total. The minimum atomic E-state index is 0.592. The van der Waals surface area contributed by atoms with Crippen molar-refractivity contribution in [2.45, 2.75) is 30.4 Å². The lowest BCUT2D eigenvalue weighted by Gasteiger charge is -2.06. The molecule has 0 aliphatic heterocycles. The molecule has 0 fully saturated rings. The van der Waals surface area contributed by atoms with Crippen molar-refractivity contribution in [2.75, 3.05) is 0 Å². The summed E-state index contributed by atoms with van der Waals surface area (Å²) in [6, 6.07) is 8.77. The molecule has 17 heavy (non-hydrogen) atoms. The molecule has 1 aromatic heterocycles. The number of halogens is 1. The fourth-order valence-corrected chi connectivity index (χ4v) is 3.35. The smallest absolute Gasteiger partial charge is 0.183 e. The van der Waals surface area contributed by atoms with Gasteiger partial charge in [-0.15, -0.1) is 23.1 Å². The molecule has 0 aliphatic carbocycles. The van der Waals surface area contributed by atoms with E-state index in [0.717, 1.165) is 5.75 Å². The van der Waals surface area contributed by atoms with Gasteiger partial charge < -0.3 is 0 Å². The van der Waals surface area contributed by atoms with Gasteiger partial charge >= 0.3 is 0 Å². The van der Waals surface area contributed by atoms with Crippen LogP contribution in [0.1, 0.15) is 30.2 Å². The van der Waals surface area contributed by atoms with Crippen molar-refractivity contribution in [3.05, 3.63) is 45.4 Å². The number of hydrogen-bond donors (Lipinski definition) is 0. The van der Waals surface area contributed by atoms with Crippen LogP contribution in [0.4, 0.5) is 0 Å². The van der Waals surface area contributed by atoms with Gasteiger partial charge in [0, 0.05) is 21.7 Å². The van der Waals surface area contributed by atoms with Crippen molar-refractivity contribution in [2.24, 2.45) is 0 Å². The normalized spacial score (nSPS) is 11.1. The molecule has 1 heterocycles. The van der Waals surface area contributed by atoms with Gasteiger partial charge in [0.05, 0.1) is 0 Å². The summed E-state index contributed by atoms with van der Waals surface area (Å²) < 4.78 is 0.621. The molecule has 0 saturated carbocycles. The van der Waals surface area contributed by atoms with Crippen LogP contribution in [0.5, 0.6) is 0 Å². The molecule has 0 spiro atoms. The van der Waals surface area contributed by atoms with Crippen molar-refractivity contribution in [1.82, 2.24) is 4.98 Å². The van der Waals surface area contributed by atoms with Crippen LogP contribution in [-0.4, -0.2) is 4.98 Å². The second kappa shape index (κ2) is 5.89. The summed E-state index contributed by atoms with van der Waals surface area (Å²) in [5.74, 6) is 1.53. The van der Waals surface area contributed by atoms with Gasteiger partial charge in [0.25, 0.3) is 0 Å². The lowest BCUT2D eigenvalue weighted by Crippen LogP contribution is -1.85. The summed E-state index contributed by atoms with van der Waals surface area (Å²) in [5.41, 5.74) is 1.38. The summed E-state index contributed by atoms with van der Waals surface area (Å²) in [5, 5.41) is 0. The zero-order valence-corrected chi connectivity index (χ0v) is 12.2. The van der Waals surface area contributed by atoms with E-state index in [1.807, 2.05) is 18.0 Å². The quantitative estimate of drug-likeness (QED) is 0.714. The monoisotopic (exact) mass is 283 g/mol. The first-order chi connectivity index (χ1) is 8.15. The number of thioether (sulfide) groups is 1. The van der Waals surface area contributed by atoms with Crippen molar-refractivity contribution < 1.29 is 0 Å². The van der Waals surface area contributed by atoms with Gasteiger partial charge in [-0.05, 0) is 23.6 Å². The van der Waals surface area contributed by atoms with Crippen LogP contribution < -0.4 is 0 Å². The van der Waals surface area contributed by atoms with Gasteiger partial charge in [0.1, 0.15) is 0 Å². The maximum absolute atomic E-state index is 5.80. The van der Waals surface area contributed by atoms with E-state index in [-0.39, 0.29) is 0 Å². The third-order valence-corrected chi connectivity index (χ3v) is 4.81. The Morgan fingerprint density at radius 1 is 1.29 bits per heavy atom. The molecule has 1 nitrogen and oxygen atoms in total. The SMILES string of the molecule is CC(C)c1ccc(SCc2cnc(Cl)s2)cc1. The highest BCUT2D eigenvalue weighted by atomic mass is 35.5. The predicted molar refractivity (Wildman–Crippen MR) is 77.2 cm³/mol. The second-order valence-electron chi connectivity index (χ2n) is 4.09. The first-order valence-electron chi connectivity index (χ1n) is 5.48. The van der Waals surface area contributed by atoms with Crippen LogP contribution in [-0.2, 0) is 5.75 Å². The molecule has 0 unspecified atom stereocenters. The van der Waals surface area contributed by atoms with E-state index in [1.165, 1.54) is 15.3 Å². The molecule has 0 radical (unpaired) electrons. The summed E-state index contributed by atoms with van der Waals surface area (Å²) >= 11 is 9.16. The fraction of sp³-hybridized carbons (Fsp3) is 0.308. The van der Waals surface area contributed by atoms with Crippen molar-refractivity contribution in [3.8, 4) is 0 Å². The van der Waals surface area contributed by atoms with E-state index < -0.39 is 0 Å². The van der Waals surface area contributed by atoms with Crippen LogP contribution in [0.2, 0.25) is 4.47 Å². The lowest BCUT2D eigenvalue weighted by molar-refractivity contribution is 0.865. The van der Waals surface area contributed by atoms with Crippen LogP contribution in [0.3, 0.4) is 0 Å². The average molecular weight is 284 g/mol. The Hall–Kier alpha value is -0.510. The fourth-order valence-electron chi connectivity index (χ4n) is 1.45. The van der Waals surface area contributed by atoms with Crippen LogP contribution in [0, 0.1) is 0 Å². The highest BCUT2D eigenvalue weighted by molar-refractivity contribution is 7.98. The summed E-state index contributed by atoms with van der Waals surface area (Å²) in [6.07, 6.45) is 1.85. The molecule has 0 saturated heterocycles. The van der Waals surface area contributed by atoms with Gasteiger partial charge in [-0.3, -0.25) is 0 Å². The average Bonchev–Trinajstić information content (AvgIpc) is 2.73. The molecular formula is C13H14ClNS2. The van der Waals surface area contributed by atoms with E-state index in [0.29, 0.717) is 10.4 Å². The maximum atomic E-state index is 5.80. The number of nitrogens with zero attached hydrogens (tertiary/aromatic N) is 1. The standard InChI is InChI=1S/C13H14ClNS2/c1-9(2)10-3-5-11(6-4-10)16-8-12-7-15-13(14)17-12/h3-7,9H,8H2,1-2H3. The minimum absolute atomic E-state index is 0.592. The Morgan fingerprint density at radius 3 is 2.53 bits per heavy atom. The molecule has 2 aromatic rings. The second-order valence-corrected chi connectivity index (χ2v) is 6.84. The zero-order chi connectivity index (χ0) is 12.3. The Labute approximate surface area is 115 Å². The Morgan fingerprint density at radius 2 is 2.00 bits per heavy atom. The number of hydrogen-bond acceptors (Lipinski definition) is 3. The maximum Gasteiger partial charge on any atom is 0.183 e. The molecule has 0 aliphatic rings. The van der Waals surface area contributed by atoms with Crippen molar-refractivity contribution in [3.63, 3.8) is 0 Å². The summed E-state index contributed by atoms with van der Waals surface area (Å²) in [7, 11) is 0. The lowest BCUT2D eigenvalue weighted by atomic mass is 10.0. The molecule has 0 amide bonds. The third-order valence-electron chi connectivity index (χ3n) is 2.45. The van der Waals surface area contributed by atoms with Gasteiger partial charge in [-0.25, -0.2) is 4.98 Å². The minimum Gasteiger partial charge on any atom is -0.233 e. The van der Waals surface area contributed by atoms with Crippen molar-refractivity contribution in [1.29, 1.82) is 0 Å². The number of thiazole rings is 1. The number of rotatable bonds is 4. The van der Waals surface area contributed by atoms with E-state index >= 15 is 0 Å². The first-order valence-corrected chi connectivity index (χ1v) is 7.66. The molecule has 4 heteroatoms. The first kappa shape index (κ1) is 12.9. The molecular weight excluding hydrogens is 270 g/mol. The number of aromatic nitrogens is 1. The predicted octanol–water partition coefficient (Wildman–Crippen LogP) is 5.21. The van der Waals surface area contributed by atoms with Crippen molar-refractivity contribution >= 4 is 34.7 Å². The van der Waals surface area contributed by atoms with Gasteiger partial charge in [0.2, 0.25) is 0 Å². The molecule has 90 valence electrons. The highest BCUT2D eigenvalue weighted by Gasteiger charge is 2.02. The Balaban J connectivity index is 1.95. The van der Waals surface area contributed by atoms with Crippen LogP contribution >= 0.6 is 34.7 Å². The van der Waals surface area contributed by atoms with Crippen LogP contribution in [0.25, 0.3) is 0 Å². The summed E-state index contributed by atoms with van der Waals surface area (Å²) in [4.78, 5) is 6.54. The van der Waals surface area contributed by atoms with Gasteiger partial charge in [-0.1, -0.05) is 37.6 Å². The highest BCUT2D eigenvalue weighted by Crippen LogP contribution is 2.28. The molecule has 0 atom stereocenters. The molecule has 2 rings (SSSR count). The van der Waals surface area contributed by atoms with E-state index in [9.17, 15) is 0 Å². The third kappa shape index (κ3) is 3.73. The van der Waals surface area contributed by atoms with E-state index in [2.05, 4.69) is 43.1 Å². The Bertz CT molecular complexity index is 476. The van der Waals surface area contributed by atoms with Gasteiger partial charge in [-0.2, -0.15) is 0 Å². The largest absolute Gasteiger partial charge is 0.233 e. The van der Waals surface area contributed by atoms with Crippen LogP contribution in [0.15, 0.2) is 35.4 Å². The number of benzene rings is 1.